The van der Waals surface area contributed by atoms with Crippen LogP contribution in [0.1, 0.15) is 53.0 Å². The lowest BCUT2D eigenvalue weighted by atomic mass is 9.99. The van der Waals surface area contributed by atoms with Gasteiger partial charge >= 0.3 is 6.09 Å². The average Bonchev–Trinajstić information content (AvgIpc) is 3.13. The Bertz CT molecular complexity index is 851. The number of carbonyl (C=O) groups is 2. The molecule has 0 radical (unpaired) electrons. The molecule has 1 aromatic heterocycles. The standard InChI is InChI=1S/C20H27BrN4O4S/c1-6-12(2)16(23-18(27)29-20(3,4)5)17-24-25-19(28-17)30-11-15(26)22-14-9-7-13(21)8-10-14/h7-10,12,16H,6,11H2,1-5H3,(H,22,26)(H,23,27)/t12?,16-/m0/s1. The Morgan fingerprint density at radius 1 is 1.23 bits per heavy atom. The molecule has 1 aromatic carbocycles. The molecule has 0 aliphatic heterocycles. The maximum atomic E-state index is 12.2. The summed E-state index contributed by atoms with van der Waals surface area (Å²) in [5, 5.41) is 13.9. The van der Waals surface area contributed by atoms with E-state index in [0.717, 1.165) is 22.7 Å². The summed E-state index contributed by atoms with van der Waals surface area (Å²) < 4.78 is 12.0. The lowest BCUT2D eigenvalue weighted by Crippen LogP contribution is -2.37. The van der Waals surface area contributed by atoms with Crippen LogP contribution in [0.3, 0.4) is 0 Å². The highest BCUT2D eigenvalue weighted by Gasteiger charge is 2.28. The van der Waals surface area contributed by atoms with E-state index in [2.05, 4.69) is 36.8 Å². The van der Waals surface area contributed by atoms with Crippen molar-refractivity contribution in [3.8, 4) is 0 Å². The van der Waals surface area contributed by atoms with E-state index >= 15 is 0 Å². The molecule has 0 saturated carbocycles. The second-order valence-electron chi connectivity index (χ2n) is 7.76. The van der Waals surface area contributed by atoms with Gasteiger partial charge in [0, 0.05) is 10.2 Å². The minimum absolute atomic E-state index is 0.0523. The third-order valence-electron chi connectivity index (χ3n) is 4.03. The molecule has 2 aromatic rings. The van der Waals surface area contributed by atoms with Crippen LogP contribution in [-0.4, -0.2) is 33.6 Å². The van der Waals surface area contributed by atoms with E-state index in [0.29, 0.717) is 5.69 Å². The minimum Gasteiger partial charge on any atom is -0.444 e. The molecule has 2 amide bonds. The van der Waals surface area contributed by atoms with Gasteiger partial charge in [0.15, 0.2) is 0 Å². The van der Waals surface area contributed by atoms with Crippen molar-refractivity contribution in [3.05, 3.63) is 34.6 Å². The molecule has 30 heavy (non-hydrogen) atoms. The van der Waals surface area contributed by atoms with Crippen molar-refractivity contribution in [2.45, 2.75) is 57.9 Å². The Morgan fingerprint density at radius 3 is 2.50 bits per heavy atom. The number of ether oxygens (including phenoxy) is 1. The fourth-order valence-electron chi connectivity index (χ4n) is 2.38. The summed E-state index contributed by atoms with van der Waals surface area (Å²) in [6.45, 7) is 9.38. The molecule has 1 heterocycles. The number of amides is 2. The first-order valence-corrected chi connectivity index (χ1v) is 11.4. The summed E-state index contributed by atoms with van der Waals surface area (Å²) in [6.07, 6.45) is 0.245. The summed E-state index contributed by atoms with van der Waals surface area (Å²) in [5.41, 5.74) is 0.0932. The zero-order valence-electron chi connectivity index (χ0n) is 17.7. The third kappa shape index (κ3) is 7.98. The molecule has 0 bridgehead atoms. The molecule has 0 aliphatic carbocycles. The maximum Gasteiger partial charge on any atom is 0.408 e. The summed E-state index contributed by atoms with van der Waals surface area (Å²) in [5.74, 6) is 0.264. The molecule has 1 unspecified atom stereocenters. The molecular formula is C20H27BrN4O4S. The Kier molecular flexibility index (Phi) is 8.72. The van der Waals surface area contributed by atoms with Crippen molar-refractivity contribution in [3.63, 3.8) is 0 Å². The fourth-order valence-corrected chi connectivity index (χ4v) is 3.21. The number of anilines is 1. The first kappa shape index (κ1) is 24.2. The predicted octanol–water partition coefficient (Wildman–Crippen LogP) is 5.17. The lowest BCUT2D eigenvalue weighted by molar-refractivity contribution is -0.113. The second kappa shape index (κ2) is 10.8. The quantitative estimate of drug-likeness (QED) is 0.483. The smallest absolute Gasteiger partial charge is 0.408 e. The van der Waals surface area contributed by atoms with Gasteiger partial charge in [0.25, 0.3) is 5.22 Å². The molecule has 0 aliphatic rings. The third-order valence-corrected chi connectivity index (χ3v) is 5.38. The zero-order valence-corrected chi connectivity index (χ0v) is 20.1. The van der Waals surface area contributed by atoms with Crippen LogP contribution >= 0.6 is 27.7 Å². The number of carbonyl (C=O) groups excluding carboxylic acids is 2. The Labute approximate surface area is 189 Å². The van der Waals surface area contributed by atoms with E-state index in [1.165, 1.54) is 0 Å². The summed E-state index contributed by atoms with van der Waals surface area (Å²) in [6, 6.07) is 6.82. The highest BCUT2D eigenvalue weighted by molar-refractivity contribution is 9.10. The van der Waals surface area contributed by atoms with Crippen LogP contribution in [0.4, 0.5) is 10.5 Å². The first-order chi connectivity index (χ1) is 14.1. The zero-order chi connectivity index (χ0) is 22.3. The number of nitrogens with one attached hydrogen (secondary N) is 2. The number of benzene rings is 1. The molecule has 2 N–H and O–H groups in total. The first-order valence-electron chi connectivity index (χ1n) is 9.58. The molecule has 0 saturated heterocycles. The SMILES string of the molecule is CCC(C)[C@H](NC(=O)OC(C)(C)C)c1nnc(SCC(=O)Nc2ccc(Br)cc2)o1. The summed E-state index contributed by atoms with van der Waals surface area (Å²) >= 11 is 4.48. The van der Waals surface area contributed by atoms with Gasteiger partial charge < -0.3 is 19.8 Å². The van der Waals surface area contributed by atoms with Gasteiger partial charge in [0.1, 0.15) is 11.6 Å². The minimum atomic E-state index is -0.609. The van der Waals surface area contributed by atoms with Gasteiger partial charge in [-0.2, -0.15) is 0 Å². The normalized spacial score (nSPS) is 13.4. The van der Waals surface area contributed by atoms with Crippen molar-refractivity contribution >= 4 is 45.4 Å². The highest BCUT2D eigenvalue weighted by Crippen LogP contribution is 2.27. The van der Waals surface area contributed by atoms with Gasteiger partial charge in [-0.05, 0) is 51.0 Å². The van der Waals surface area contributed by atoms with Gasteiger partial charge in [-0.3, -0.25) is 4.79 Å². The van der Waals surface area contributed by atoms with E-state index in [9.17, 15) is 9.59 Å². The van der Waals surface area contributed by atoms with Gasteiger partial charge in [0.05, 0.1) is 5.75 Å². The van der Waals surface area contributed by atoms with Crippen molar-refractivity contribution in [2.75, 3.05) is 11.1 Å². The summed E-state index contributed by atoms with van der Waals surface area (Å²) in [4.78, 5) is 24.3. The largest absolute Gasteiger partial charge is 0.444 e. The van der Waals surface area contributed by atoms with Crippen LogP contribution < -0.4 is 10.6 Å². The van der Waals surface area contributed by atoms with Crippen LogP contribution in [0.15, 0.2) is 38.4 Å². The number of alkyl carbamates (subject to hydrolysis) is 1. The number of nitrogens with zero attached hydrogens (tertiary/aromatic N) is 2. The lowest BCUT2D eigenvalue weighted by Gasteiger charge is -2.24. The van der Waals surface area contributed by atoms with Gasteiger partial charge in [-0.25, -0.2) is 4.79 Å². The molecular weight excluding hydrogens is 472 g/mol. The molecule has 0 fully saturated rings. The molecule has 8 nitrogen and oxygen atoms in total. The maximum absolute atomic E-state index is 12.2. The van der Waals surface area contributed by atoms with Crippen LogP contribution in [-0.2, 0) is 9.53 Å². The molecule has 2 atom stereocenters. The van der Waals surface area contributed by atoms with Crippen LogP contribution in [0.2, 0.25) is 0 Å². The Hall–Kier alpha value is -2.07. The van der Waals surface area contributed by atoms with Crippen LogP contribution in [0, 0.1) is 5.92 Å². The van der Waals surface area contributed by atoms with E-state index in [1.54, 1.807) is 32.9 Å². The van der Waals surface area contributed by atoms with Crippen LogP contribution in [0.5, 0.6) is 0 Å². The Morgan fingerprint density at radius 2 is 1.90 bits per heavy atom. The second-order valence-corrected chi connectivity index (χ2v) is 9.60. The number of rotatable bonds is 8. The Balaban J connectivity index is 1.96. The van der Waals surface area contributed by atoms with Crippen molar-refractivity contribution in [1.29, 1.82) is 0 Å². The molecule has 2 rings (SSSR count). The predicted molar refractivity (Wildman–Crippen MR) is 119 cm³/mol. The highest BCUT2D eigenvalue weighted by atomic mass is 79.9. The number of halogens is 1. The van der Waals surface area contributed by atoms with Crippen LogP contribution in [0.25, 0.3) is 0 Å². The van der Waals surface area contributed by atoms with E-state index < -0.39 is 17.7 Å². The monoisotopic (exact) mass is 498 g/mol. The van der Waals surface area contributed by atoms with Crippen molar-refractivity contribution in [1.82, 2.24) is 15.5 Å². The number of aromatic nitrogens is 2. The van der Waals surface area contributed by atoms with E-state index in [1.807, 2.05) is 26.0 Å². The number of thioether (sulfide) groups is 1. The fraction of sp³-hybridized carbons (Fsp3) is 0.500. The summed E-state index contributed by atoms with van der Waals surface area (Å²) in [7, 11) is 0. The van der Waals surface area contributed by atoms with Crippen molar-refractivity contribution < 1.29 is 18.7 Å². The van der Waals surface area contributed by atoms with E-state index in [-0.39, 0.29) is 28.7 Å². The van der Waals surface area contributed by atoms with Crippen molar-refractivity contribution in [2.24, 2.45) is 5.92 Å². The van der Waals surface area contributed by atoms with Gasteiger partial charge in [-0.1, -0.05) is 48.0 Å². The average molecular weight is 499 g/mol. The topological polar surface area (TPSA) is 106 Å². The molecule has 164 valence electrons. The number of hydrogen-bond donors (Lipinski definition) is 2. The van der Waals surface area contributed by atoms with Gasteiger partial charge in [-0.15, -0.1) is 10.2 Å². The molecule has 0 spiro atoms. The van der Waals surface area contributed by atoms with E-state index in [4.69, 9.17) is 9.15 Å². The molecule has 10 heteroatoms. The number of hydrogen-bond acceptors (Lipinski definition) is 7. The van der Waals surface area contributed by atoms with Gasteiger partial charge in [0.2, 0.25) is 11.8 Å².